The molecule has 3 nitrogen and oxygen atoms in total. The van der Waals surface area contributed by atoms with Gasteiger partial charge >= 0.3 is 0 Å². The Balaban J connectivity index is 1.24. The molecule has 1 saturated heterocycles. The normalized spacial score (nSPS) is 20.7. The third kappa shape index (κ3) is 3.49. The fourth-order valence-electron chi connectivity index (χ4n) is 3.95. The van der Waals surface area contributed by atoms with Crippen LogP contribution < -0.4 is 4.72 Å². The number of hydrogen-bond donors (Lipinski definition) is 2. The van der Waals surface area contributed by atoms with Gasteiger partial charge in [-0.3, -0.25) is 4.90 Å². The molecule has 1 aliphatic carbocycles. The van der Waals surface area contributed by atoms with E-state index in [9.17, 15) is 0 Å². The maximum Gasteiger partial charge on any atom is 0.0457 e. The lowest BCUT2D eigenvalue weighted by molar-refractivity contribution is 0.328. The second-order valence-electron chi connectivity index (χ2n) is 7.62. The molecule has 5 rings (SSSR count). The predicted octanol–water partition coefficient (Wildman–Crippen LogP) is 5.38. The molecule has 26 heavy (non-hydrogen) atoms. The first-order chi connectivity index (χ1) is 12.8. The van der Waals surface area contributed by atoms with E-state index in [0.29, 0.717) is 5.92 Å². The van der Waals surface area contributed by atoms with Crippen LogP contribution in [0.25, 0.3) is 10.9 Å². The van der Waals surface area contributed by atoms with E-state index in [1.807, 2.05) is 11.9 Å². The number of aromatic amines is 1. The van der Waals surface area contributed by atoms with E-state index in [-0.39, 0.29) is 0 Å². The van der Waals surface area contributed by atoms with Crippen LogP contribution in [0.2, 0.25) is 0 Å². The van der Waals surface area contributed by atoms with E-state index in [2.05, 4.69) is 69.3 Å². The molecule has 2 aliphatic rings. The minimum Gasteiger partial charge on any atom is -0.361 e. The zero-order chi connectivity index (χ0) is 17.3. The lowest BCUT2D eigenvalue weighted by Crippen LogP contribution is -2.19. The van der Waals surface area contributed by atoms with E-state index < -0.39 is 0 Å². The minimum absolute atomic E-state index is 0.646. The molecule has 0 spiro atoms. The van der Waals surface area contributed by atoms with Gasteiger partial charge in [-0.1, -0.05) is 30.3 Å². The minimum atomic E-state index is 0.646. The smallest absolute Gasteiger partial charge is 0.0457 e. The van der Waals surface area contributed by atoms with Crippen molar-refractivity contribution in [3.8, 4) is 0 Å². The Labute approximate surface area is 159 Å². The van der Waals surface area contributed by atoms with Crippen LogP contribution in [0.3, 0.4) is 0 Å². The number of nitrogens with zero attached hydrogens (tertiary/aromatic N) is 1. The molecule has 2 N–H and O–H groups in total. The summed E-state index contributed by atoms with van der Waals surface area (Å²) in [5.41, 5.74) is 5.39. The highest BCUT2D eigenvalue weighted by Gasteiger charge is 2.25. The predicted molar refractivity (Wildman–Crippen MR) is 112 cm³/mol. The Morgan fingerprint density at radius 2 is 2.00 bits per heavy atom. The highest BCUT2D eigenvalue weighted by Crippen LogP contribution is 2.35. The lowest BCUT2D eigenvalue weighted by Gasteiger charge is -2.16. The SMILES string of the molecule is c1cc(NSC2CC2)cc(C2CCN(Cc3c[nH]c4ccccc34)C2)c1. The summed E-state index contributed by atoms with van der Waals surface area (Å²) in [6, 6.07) is 17.7. The monoisotopic (exact) mass is 363 g/mol. The van der Waals surface area contributed by atoms with Crippen LogP contribution in [0, 0.1) is 0 Å². The number of H-pyrrole nitrogens is 1. The van der Waals surface area contributed by atoms with Crippen LogP contribution in [0.15, 0.2) is 54.7 Å². The molecule has 0 amide bonds. The number of fused-ring (bicyclic) bond motifs is 1. The van der Waals surface area contributed by atoms with Crippen molar-refractivity contribution in [3.05, 3.63) is 65.9 Å². The van der Waals surface area contributed by atoms with Gasteiger partial charge in [0.05, 0.1) is 0 Å². The molecular weight excluding hydrogens is 338 g/mol. The molecule has 0 bridgehead atoms. The van der Waals surface area contributed by atoms with Crippen molar-refractivity contribution in [2.45, 2.75) is 37.0 Å². The summed E-state index contributed by atoms with van der Waals surface area (Å²) >= 11 is 1.89. The lowest BCUT2D eigenvalue weighted by atomic mass is 9.98. The van der Waals surface area contributed by atoms with Crippen LogP contribution in [0.4, 0.5) is 5.69 Å². The number of likely N-dealkylation sites (tertiary alicyclic amines) is 1. The second-order valence-corrected chi connectivity index (χ2v) is 8.73. The fourth-order valence-corrected chi connectivity index (χ4v) is 4.75. The Bertz CT molecular complexity index is 899. The van der Waals surface area contributed by atoms with Crippen molar-refractivity contribution in [2.24, 2.45) is 0 Å². The Morgan fingerprint density at radius 1 is 1.08 bits per heavy atom. The number of benzene rings is 2. The van der Waals surface area contributed by atoms with Gasteiger partial charge in [0.2, 0.25) is 0 Å². The van der Waals surface area contributed by atoms with Crippen molar-refractivity contribution >= 4 is 28.5 Å². The van der Waals surface area contributed by atoms with Gasteiger partial charge < -0.3 is 9.71 Å². The molecule has 1 unspecified atom stereocenters. The van der Waals surface area contributed by atoms with Gasteiger partial charge in [0, 0.05) is 41.1 Å². The summed E-state index contributed by atoms with van der Waals surface area (Å²) in [6.07, 6.45) is 6.16. The Hall–Kier alpha value is -1.91. The topological polar surface area (TPSA) is 31.1 Å². The molecular formula is C22H25N3S. The first-order valence-corrected chi connectivity index (χ1v) is 10.5. The largest absolute Gasteiger partial charge is 0.361 e. The third-order valence-electron chi connectivity index (χ3n) is 5.57. The average molecular weight is 364 g/mol. The van der Waals surface area contributed by atoms with Crippen LogP contribution >= 0.6 is 11.9 Å². The van der Waals surface area contributed by atoms with Crippen LogP contribution in [0.5, 0.6) is 0 Å². The zero-order valence-electron chi connectivity index (χ0n) is 14.9. The summed E-state index contributed by atoms with van der Waals surface area (Å²) in [4.78, 5) is 6.00. The third-order valence-corrected chi connectivity index (χ3v) is 6.73. The van der Waals surface area contributed by atoms with Gasteiger partial charge in [-0.05, 0) is 73.0 Å². The first-order valence-electron chi connectivity index (χ1n) is 9.64. The molecule has 2 heterocycles. The number of anilines is 1. The summed E-state index contributed by atoms with van der Waals surface area (Å²) in [6.45, 7) is 3.37. The van der Waals surface area contributed by atoms with Crippen LogP contribution in [-0.4, -0.2) is 28.2 Å². The molecule has 2 fully saturated rings. The highest BCUT2D eigenvalue weighted by atomic mass is 32.2. The van der Waals surface area contributed by atoms with Gasteiger partial charge in [-0.2, -0.15) is 0 Å². The molecule has 134 valence electrons. The first kappa shape index (κ1) is 16.3. The number of nitrogens with one attached hydrogen (secondary N) is 2. The van der Waals surface area contributed by atoms with E-state index >= 15 is 0 Å². The summed E-state index contributed by atoms with van der Waals surface area (Å²) in [5.74, 6) is 0.646. The maximum absolute atomic E-state index is 3.54. The fraction of sp³-hybridized carbons (Fsp3) is 0.364. The van der Waals surface area contributed by atoms with Crippen LogP contribution in [-0.2, 0) is 6.54 Å². The van der Waals surface area contributed by atoms with Gasteiger partial charge in [0.15, 0.2) is 0 Å². The van der Waals surface area contributed by atoms with Crippen molar-refractivity contribution in [2.75, 3.05) is 17.8 Å². The van der Waals surface area contributed by atoms with E-state index in [0.717, 1.165) is 18.3 Å². The molecule has 1 aliphatic heterocycles. The number of aromatic nitrogens is 1. The van der Waals surface area contributed by atoms with E-state index in [1.54, 1.807) is 0 Å². The highest BCUT2D eigenvalue weighted by molar-refractivity contribution is 8.01. The summed E-state index contributed by atoms with van der Waals surface area (Å²) < 4.78 is 3.54. The molecule has 3 aromatic rings. The van der Waals surface area contributed by atoms with E-state index in [1.165, 1.54) is 53.5 Å². The molecule has 1 aromatic heterocycles. The molecule has 2 aromatic carbocycles. The Morgan fingerprint density at radius 3 is 2.92 bits per heavy atom. The summed E-state index contributed by atoms with van der Waals surface area (Å²) in [5, 5.41) is 2.19. The van der Waals surface area contributed by atoms with Crippen molar-refractivity contribution in [3.63, 3.8) is 0 Å². The average Bonchev–Trinajstić information content (AvgIpc) is 3.25. The molecule has 0 radical (unpaired) electrons. The van der Waals surface area contributed by atoms with Crippen molar-refractivity contribution in [1.82, 2.24) is 9.88 Å². The zero-order valence-corrected chi connectivity index (χ0v) is 15.8. The molecule has 4 heteroatoms. The standard InChI is InChI=1S/C22H25N3S/c1-2-7-22-21(6-1)18(13-23-22)15-25-11-10-17(14-25)16-4-3-5-19(12-16)24-26-20-8-9-20/h1-7,12-13,17,20,23-24H,8-11,14-15H2. The quantitative estimate of drug-likeness (QED) is 0.577. The van der Waals surface area contributed by atoms with Gasteiger partial charge in [-0.25, -0.2) is 0 Å². The maximum atomic E-state index is 3.54. The van der Waals surface area contributed by atoms with Gasteiger partial charge in [0.1, 0.15) is 0 Å². The summed E-state index contributed by atoms with van der Waals surface area (Å²) in [7, 11) is 0. The van der Waals surface area contributed by atoms with Gasteiger partial charge in [-0.15, -0.1) is 0 Å². The molecule has 1 saturated carbocycles. The van der Waals surface area contributed by atoms with Crippen LogP contribution in [0.1, 0.15) is 36.3 Å². The number of rotatable bonds is 6. The molecule has 1 atom stereocenters. The Kier molecular flexibility index (Phi) is 4.39. The van der Waals surface area contributed by atoms with E-state index in [4.69, 9.17) is 0 Å². The number of para-hydroxylation sites is 1. The van der Waals surface area contributed by atoms with Gasteiger partial charge in [0.25, 0.3) is 0 Å². The second kappa shape index (κ2) is 7.01. The van der Waals surface area contributed by atoms with Crippen molar-refractivity contribution < 1.29 is 0 Å². The number of hydrogen-bond acceptors (Lipinski definition) is 3. The van der Waals surface area contributed by atoms with Crippen molar-refractivity contribution in [1.29, 1.82) is 0 Å².